The maximum absolute atomic E-state index is 11.6. The summed E-state index contributed by atoms with van der Waals surface area (Å²) in [4.78, 5) is 13.9. The molecule has 0 unspecified atom stereocenters. The third-order valence-electron chi connectivity index (χ3n) is 3.05. The van der Waals surface area contributed by atoms with E-state index in [4.69, 9.17) is 4.74 Å². The normalized spacial score (nSPS) is 10.9. The fourth-order valence-electron chi connectivity index (χ4n) is 1.99. The number of thiophene rings is 1. The van der Waals surface area contributed by atoms with Gasteiger partial charge in [0, 0.05) is 11.1 Å². The molecule has 102 valence electrons. The Morgan fingerprint density at radius 2 is 2.15 bits per heavy atom. The van der Waals surface area contributed by atoms with Crippen molar-refractivity contribution in [2.24, 2.45) is 0 Å². The average molecular weight is 287 g/mol. The summed E-state index contributed by atoms with van der Waals surface area (Å²) >= 11 is 1.69. The van der Waals surface area contributed by atoms with Crippen molar-refractivity contribution in [3.8, 4) is 10.7 Å². The molecule has 0 radical (unpaired) electrons. The SMILES string of the molecule is CCc1ccc(-c2nnc3ccc(C(=O)OC)cn23)s1. The van der Waals surface area contributed by atoms with Crippen molar-refractivity contribution >= 4 is 23.0 Å². The van der Waals surface area contributed by atoms with Crippen LogP contribution in [0.3, 0.4) is 0 Å². The summed E-state index contributed by atoms with van der Waals surface area (Å²) in [7, 11) is 1.37. The van der Waals surface area contributed by atoms with Crippen molar-refractivity contribution in [2.45, 2.75) is 13.3 Å². The van der Waals surface area contributed by atoms with Gasteiger partial charge < -0.3 is 4.74 Å². The minimum atomic E-state index is -0.369. The zero-order chi connectivity index (χ0) is 14.1. The van der Waals surface area contributed by atoms with Crippen LogP contribution in [0.15, 0.2) is 30.5 Å². The Morgan fingerprint density at radius 3 is 2.85 bits per heavy atom. The number of pyridine rings is 1. The molecule has 20 heavy (non-hydrogen) atoms. The fourth-order valence-corrected chi connectivity index (χ4v) is 2.91. The van der Waals surface area contributed by atoms with E-state index in [0.29, 0.717) is 11.2 Å². The first-order valence-corrected chi connectivity index (χ1v) is 7.06. The molecule has 0 saturated heterocycles. The van der Waals surface area contributed by atoms with Crippen molar-refractivity contribution in [1.82, 2.24) is 14.6 Å². The van der Waals surface area contributed by atoms with Crippen LogP contribution in [-0.2, 0) is 11.2 Å². The monoisotopic (exact) mass is 287 g/mol. The van der Waals surface area contributed by atoms with Crippen molar-refractivity contribution in [2.75, 3.05) is 7.11 Å². The Balaban J connectivity index is 2.13. The lowest BCUT2D eigenvalue weighted by Gasteiger charge is -2.01. The quantitative estimate of drug-likeness (QED) is 0.695. The Bertz CT molecular complexity index is 776. The summed E-state index contributed by atoms with van der Waals surface area (Å²) in [5, 5.41) is 8.33. The molecule has 0 amide bonds. The summed E-state index contributed by atoms with van der Waals surface area (Å²) in [6.07, 6.45) is 2.71. The number of carbonyl (C=O) groups is 1. The fraction of sp³-hybridized carbons (Fsp3) is 0.214. The molecule has 3 rings (SSSR count). The molecular weight excluding hydrogens is 274 g/mol. The van der Waals surface area contributed by atoms with Crippen LogP contribution in [0.1, 0.15) is 22.2 Å². The summed E-state index contributed by atoms with van der Waals surface area (Å²) in [5.41, 5.74) is 1.19. The van der Waals surface area contributed by atoms with Gasteiger partial charge in [0.25, 0.3) is 0 Å². The van der Waals surface area contributed by atoms with Crippen molar-refractivity contribution in [3.05, 3.63) is 40.9 Å². The second kappa shape index (κ2) is 5.05. The number of ether oxygens (including phenoxy) is 1. The first-order valence-electron chi connectivity index (χ1n) is 6.25. The number of fused-ring (bicyclic) bond motifs is 1. The van der Waals surface area contributed by atoms with Crippen LogP contribution < -0.4 is 0 Å². The van der Waals surface area contributed by atoms with Crippen LogP contribution in [0.4, 0.5) is 0 Å². The maximum Gasteiger partial charge on any atom is 0.339 e. The van der Waals surface area contributed by atoms with Gasteiger partial charge in [-0.2, -0.15) is 0 Å². The predicted octanol–water partition coefficient (Wildman–Crippen LogP) is 2.81. The Labute approximate surface area is 119 Å². The van der Waals surface area contributed by atoms with Gasteiger partial charge in [0.05, 0.1) is 17.6 Å². The minimum absolute atomic E-state index is 0.369. The summed E-state index contributed by atoms with van der Waals surface area (Å²) in [6, 6.07) is 7.57. The smallest absolute Gasteiger partial charge is 0.339 e. The van der Waals surface area contributed by atoms with Crippen LogP contribution in [0.25, 0.3) is 16.3 Å². The molecule has 0 aromatic carbocycles. The molecule has 0 bridgehead atoms. The molecular formula is C14H13N3O2S. The molecule has 3 aromatic rings. The van der Waals surface area contributed by atoms with Gasteiger partial charge in [-0.25, -0.2) is 4.79 Å². The molecule has 0 N–H and O–H groups in total. The number of carbonyl (C=O) groups excluding carboxylic acids is 1. The van der Waals surface area contributed by atoms with E-state index in [-0.39, 0.29) is 5.97 Å². The van der Waals surface area contributed by atoms with Crippen LogP contribution in [0, 0.1) is 0 Å². The summed E-state index contributed by atoms with van der Waals surface area (Å²) < 4.78 is 6.56. The largest absolute Gasteiger partial charge is 0.465 e. The van der Waals surface area contributed by atoms with Gasteiger partial charge >= 0.3 is 5.97 Å². The first-order chi connectivity index (χ1) is 9.72. The lowest BCUT2D eigenvalue weighted by molar-refractivity contribution is 0.0600. The number of esters is 1. The van der Waals surface area contributed by atoms with E-state index >= 15 is 0 Å². The zero-order valence-electron chi connectivity index (χ0n) is 11.2. The Morgan fingerprint density at radius 1 is 1.30 bits per heavy atom. The summed E-state index contributed by atoms with van der Waals surface area (Å²) in [5.74, 6) is 0.377. The van der Waals surface area contributed by atoms with E-state index in [9.17, 15) is 4.79 Å². The number of hydrogen-bond acceptors (Lipinski definition) is 5. The predicted molar refractivity (Wildman–Crippen MR) is 77.0 cm³/mol. The maximum atomic E-state index is 11.6. The lowest BCUT2D eigenvalue weighted by atomic mass is 10.3. The first kappa shape index (κ1) is 12.8. The summed E-state index contributed by atoms with van der Waals surface area (Å²) in [6.45, 7) is 2.12. The molecule has 0 aliphatic rings. The number of aromatic nitrogens is 3. The number of methoxy groups -OCH3 is 1. The molecule has 0 saturated carbocycles. The Hall–Kier alpha value is -2.21. The third-order valence-corrected chi connectivity index (χ3v) is 4.28. The van der Waals surface area contributed by atoms with E-state index in [1.807, 2.05) is 10.5 Å². The van der Waals surface area contributed by atoms with Gasteiger partial charge in [0.1, 0.15) is 0 Å². The van der Waals surface area contributed by atoms with Crippen molar-refractivity contribution in [1.29, 1.82) is 0 Å². The van der Waals surface area contributed by atoms with Crippen LogP contribution in [-0.4, -0.2) is 27.7 Å². The number of nitrogens with zero attached hydrogens (tertiary/aromatic N) is 3. The van der Waals surface area contributed by atoms with Crippen LogP contribution in [0.2, 0.25) is 0 Å². The van der Waals surface area contributed by atoms with Crippen molar-refractivity contribution in [3.63, 3.8) is 0 Å². The van der Waals surface area contributed by atoms with Crippen molar-refractivity contribution < 1.29 is 9.53 Å². The average Bonchev–Trinajstić information content (AvgIpc) is 3.11. The lowest BCUT2D eigenvalue weighted by Crippen LogP contribution is -2.03. The van der Waals surface area contributed by atoms with Gasteiger partial charge in [0.2, 0.25) is 0 Å². The molecule has 0 fully saturated rings. The van der Waals surface area contributed by atoms with Crippen LogP contribution >= 0.6 is 11.3 Å². The third kappa shape index (κ3) is 2.08. The number of rotatable bonds is 3. The second-order valence-corrected chi connectivity index (χ2v) is 5.45. The molecule has 0 atom stereocenters. The van der Waals surface area contributed by atoms with Gasteiger partial charge in [-0.05, 0) is 30.7 Å². The molecule has 3 heterocycles. The van der Waals surface area contributed by atoms with E-state index in [2.05, 4.69) is 23.2 Å². The molecule has 0 aliphatic carbocycles. The standard InChI is InChI=1S/C14H13N3O2S/c1-3-10-5-6-11(20-10)13-16-15-12-7-4-9(8-17(12)13)14(18)19-2/h4-8H,3H2,1-2H3. The van der Waals surface area contributed by atoms with Gasteiger partial charge in [-0.1, -0.05) is 6.92 Å². The zero-order valence-corrected chi connectivity index (χ0v) is 12.0. The van der Waals surface area contributed by atoms with Gasteiger partial charge in [-0.3, -0.25) is 4.40 Å². The number of aryl methyl sites for hydroxylation is 1. The molecule has 0 aliphatic heterocycles. The highest BCUT2D eigenvalue weighted by Crippen LogP contribution is 2.27. The number of hydrogen-bond donors (Lipinski definition) is 0. The van der Waals surface area contributed by atoms with E-state index < -0.39 is 0 Å². The molecule has 5 nitrogen and oxygen atoms in total. The highest BCUT2D eigenvalue weighted by Gasteiger charge is 2.13. The second-order valence-electron chi connectivity index (χ2n) is 4.28. The Kier molecular flexibility index (Phi) is 3.23. The molecule has 6 heteroatoms. The minimum Gasteiger partial charge on any atom is -0.465 e. The molecule has 0 spiro atoms. The van der Waals surface area contributed by atoms with E-state index in [1.165, 1.54) is 12.0 Å². The van der Waals surface area contributed by atoms with Crippen LogP contribution in [0.5, 0.6) is 0 Å². The highest BCUT2D eigenvalue weighted by molar-refractivity contribution is 7.15. The van der Waals surface area contributed by atoms with Gasteiger partial charge in [0.15, 0.2) is 11.5 Å². The van der Waals surface area contributed by atoms with Gasteiger partial charge in [-0.15, -0.1) is 21.5 Å². The highest BCUT2D eigenvalue weighted by atomic mass is 32.1. The van der Waals surface area contributed by atoms with E-state index in [1.54, 1.807) is 29.7 Å². The molecule has 3 aromatic heterocycles. The van der Waals surface area contributed by atoms with E-state index in [0.717, 1.165) is 17.1 Å². The topological polar surface area (TPSA) is 56.5 Å².